The summed E-state index contributed by atoms with van der Waals surface area (Å²) in [4.78, 5) is 4.14. The van der Waals surface area contributed by atoms with Crippen LogP contribution in [-0.4, -0.2) is 14.7 Å². The fourth-order valence-corrected chi connectivity index (χ4v) is 2.43. The first-order valence-electron chi connectivity index (χ1n) is 6.41. The van der Waals surface area contributed by atoms with Crippen LogP contribution in [0.25, 0.3) is 10.9 Å². The highest BCUT2D eigenvalue weighted by molar-refractivity contribution is 5.81. The maximum atomic E-state index is 9.95. The zero-order valence-corrected chi connectivity index (χ0v) is 10.8. The molecule has 3 heteroatoms. The molecular weight excluding hydrogens is 236 g/mol. The van der Waals surface area contributed by atoms with E-state index in [-0.39, 0.29) is 0 Å². The van der Waals surface area contributed by atoms with E-state index in [1.54, 1.807) is 13.1 Å². The van der Waals surface area contributed by atoms with Gasteiger partial charge in [-0.1, -0.05) is 24.3 Å². The molecule has 0 bridgehead atoms. The highest BCUT2D eigenvalue weighted by atomic mass is 16.3. The lowest BCUT2D eigenvalue weighted by atomic mass is 10.2. The Hall–Kier alpha value is -2.13. The van der Waals surface area contributed by atoms with Crippen LogP contribution in [-0.2, 0) is 6.54 Å². The van der Waals surface area contributed by atoms with Gasteiger partial charge in [-0.2, -0.15) is 0 Å². The van der Waals surface area contributed by atoms with Gasteiger partial charge in [0.15, 0.2) is 0 Å². The first kappa shape index (κ1) is 11.9. The fraction of sp³-hybridized carbons (Fsp3) is 0.188. The SMILES string of the molecule is CC(O)c1cc2ccccc2n1Cc1cccnc1. The van der Waals surface area contributed by atoms with Crippen LogP contribution in [0.2, 0.25) is 0 Å². The Morgan fingerprint density at radius 1 is 1.21 bits per heavy atom. The Morgan fingerprint density at radius 2 is 2.05 bits per heavy atom. The number of nitrogens with zero attached hydrogens (tertiary/aromatic N) is 2. The van der Waals surface area contributed by atoms with Gasteiger partial charge in [0.2, 0.25) is 0 Å². The Bertz CT molecular complexity index is 686. The van der Waals surface area contributed by atoms with Gasteiger partial charge in [0.1, 0.15) is 0 Å². The predicted molar refractivity (Wildman–Crippen MR) is 75.9 cm³/mol. The van der Waals surface area contributed by atoms with E-state index in [0.29, 0.717) is 0 Å². The molecule has 1 N–H and O–H groups in total. The van der Waals surface area contributed by atoms with Gasteiger partial charge in [-0.3, -0.25) is 4.98 Å². The van der Waals surface area contributed by atoms with Gasteiger partial charge in [-0.25, -0.2) is 0 Å². The minimum Gasteiger partial charge on any atom is -0.387 e. The molecule has 0 aliphatic heterocycles. The Kier molecular flexibility index (Phi) is 3.05. The highest BCUT2D eigenvalue weighted by Crippen LogP contribution is 2.25. The normalized spacial score (nSPS) is 12.7. The topological polar surface area (TPSA) is 38.0 Å². The van der Waals surface area contributed by atoms with Crippen molar-refractivity contribution in [1.29, 1.82) is 0 Å². The van der Waals surface area contributed by atoms with Crippen LogP contribution in [0.1, 0.15) is 24.3 Å². The summed E-state index contributed by atoms with van der Waals surface area (Å²) in [6.45, 7) is 2.52. The number of fused-ring (bicyclic) bond motifs is 1. The van der Waals surface area contributed by atoms with Crippen molar-refractivity contribution in [3.63, 3.8) is 0 Å². The molecule has 0 amide bonds. The number of rotatable bonds is 3. The molecule has 0 aliphatic carbocycles. The lowest BCUT2D eigenvalue weighted by Crippen LogP contribution is -2.06. The number of aliphatic hydroxyl groups is 1. The van der Waals surface area contributed by atoms with Gasteiger partial charge >= 0.3 is 0 Å². The van der Waals surface area contributed by atoms with Crippen molar-refractivity contribution < 1.29 is 5.11 Å². The van der Waals surface area contributed by atoms with E-state index in [0.717, 1.165) is 28.7 Å². The summed E-state index contributed by atoms with van der Waals surface area (Å²) < 4.78 is 2.15. The van der Waals surface area contributed by atoms with Crippen LogP contribution in [0.15, 0.2) is 54.9 Å². The van der Waals surface area contributed by atoms with Gasteiger partial charge < -0.3 is 9.67 Å². The van der Waals surface area contributed by atoms with Gasteiger partial charge in [0, 0.05) is 30.1 Å². The van der Waals surface area contributed by atoms with Crippen molar-refractivity contribution in [3.05, 3.63) is 66.1 Å². The third-order valence-electron chi connectivity index (χ3n) is 3.33. The molecule has 0 fully saturated rings. The Morgan fingerprint density at radius 3 is 2.79 bits per heavy atom. The molecule has 0 saturated carbocycles. The van der Waals surface area contributed by atoms with E-state index in [2.05, 4.69) is 27.8 Å². The van der Waals surface area contributed by atoms with Gasteiger partial charge in [0.05, 0.1) is 6.10 Å². The molecule has 19 heavy (non-hydrogen) atoms. The van der Waals surface area contributed by atoms with E-state index in [1.165, 1.54) is 0 Å². The third kappa shape index (κ3) is 2.25. The van der Waals surface area contributed by atoms with Crippen LogP contribution >= 0.6 is 0 Å². The molecule has 3 aromatic rings. The number of aromatic nitrogens is 2. The van der Waals surface area contributed by atoms with Crippen molar-refractivity contribution in [1.82, 2.24) is 9.55 Å². The zero-order valence-electron chi connectivity index (χ0n) is 10.8. The number of hydrogen-bond acceptors (Lipinski definition) is 2. The summed E-state index contributed by atoms with van der Waals surface area (Å²) in [7, 11) is 0. The van der Waals surface area contributed by atoms with Crippen LogP contribution in [0, 0.1) is 0 Å². The van der Waals surface area contributed by atoms with E-state index >= 15 is 0 Å². The molecule has 3 rings (SSSR count). The molecule has 3 nitrogen and oxygen atoms in total. The lowest BCUT2D eigenvalue weighted by molar-refractivity contribution is 0.190. The second-order valence-electron chi connectivity index (χ2n) is 4.75. The highest BCUT2D eigenvalue weighted by Gasteiger charge is 2.12. The summed E-state index contributed by atoms with van der Waals surface area (Å²) >= 11 is 0. The second-order valence-corrected chi connectivity index (χ2v) is 4.75. The zero-order chi connectivity index (χ0) is 13.2. The minimum atomic E-state index is -0.482. The fourth-order valence-electron chi connectivity index (χ4n) is 2.43. The predicted octanol–water partition coefficient (Wildman–Crippen LogP) is 3.14. The van der Waals surface area contributed by atoms with Crippen molar-refractivity contribution in [2.24, 2.45) is 0 Å². The second kappa shape index (κ2) is 4.86. The Balaban J connectivity index is 2.12. The van der Waals surface area contributed by atoms with E-state index in [1.807, 2.05) is 30.5 Å². The van der Waals surface area contributed by atoms with Crippen LogP contribution < -0.4 is 0 Å². The number of pyridine rings is 1. The quantitative estimate of drug-likeness (QED) is 0.777. The molecular formula is C16H16N2O. The Labute approximate surface area is 112 Å². The smallest absolute Gasteiger partial charge is 0.0912 e. The average Bonchev–Trinajstić information content (AvgIpc) is 2.79. The number of hydrogen-bond donors (Lipinski definition) is 1. The van der Waals surface area contributed by atoms with Gasteiger partial charge in [0.25, 0.3) is 0 Å². The molecule has 2 heterocycles. The average molecular weight is 252 g/mol. The summed E-state index contributed by atoms with van der Waals surface area (Å²) in [5.41, 5.74) is 3.21. The minimum absolute atomic E-state index is 0.482. The van der Waals surface area contributed by atoms with E-state index < -0.39 is 6.10 Å². The molecule has 2 aromatic heterocycles. The standard InChI is InChI=1S/C16H16N2O/c1-12(19)16-9-14-6-2-3-7-15(14)18(16)11-13-5-4-8-17-10-13/h2-10,12,19H,11H2,1H3. The first-order valence-corrected chi connectivity index (χ1v) is 6.41. The van der Waals surface area contributed by atoms with Crippen molar-refractivity contribution in [3.8, 4) is 0 Å². The van der Waals surface area contributed by atoms with E-state index in [9.17, 15) is 5.11 Å². The molecule has 0 saturated heterocycles. The van der Waals surface area contributed by atoms with Crippen LogP contribution in [0.3, 0.4) is 0 Å². The molecule has 1 aromatic carbocycles. The molecule has 1 atom stereocenters. The molecule has 0 radical (unpaired) electrons. The largest absolute Gasteiger partial charge is 0.387 e. The van der Waals surface area contributed by atoms with Crippen LogP contribution in [0.4, 0.5) is 0 Å². The van der Waals surface area contributed by atoms with Gasteiger partial charge in [-0.05, 0) is 36.1 Å². The summed E-state index contributed by atoms with van der Waals surface area (Å²) in [6.07, 6.45) is 3.15. The monoisotopic (exact) mass is 252 g/mol. The van der Waals surface area contributed by atoms with Crippen molar-refractivity contribution in [2.75, 3.05) is 0 Å². The molecule has 0 spiro atoms. The third-order valence-corrected chi connectivity index (χ3v) is 3.33. The molecule has 0 aliphatic rings. The maximum absolute atomic E-state index is 9.95. The van der Waals surface area contributed by atoms with Gasteiger partial charge in [-0.15, -0.1) is 0 Å². The number of benzene rings is 1. The van der Waals surface area contributed by atoms with Crippen molar-refractivity contribution >= 4 is 10.9 Å². The lowest BCUT2D eigenvalue weighted by Gasteiger charge is -2.12. The first-order chi connectivity index (χ1) is 9.25. The number of aliphatic hydroxyl groups excluding tert-OH is 1. The summed E-state index contributed by atoms with van der Waals surface area (Å²) in [5.74, 6) is 0. The number of para-hydroxylation sites is 1. The van der Waals surface area contributed by atoms with Crippen LogP contribution in [0.5, 0.6) is 0 Å². The maximum Gasteiger partial charge on any atom is 0.0912 e. The van der Waals surface area contributed by atoms with Crippen molar-refractivity contribution in [2.45, 2.75) is 19.6 Å². The summed E-state index contributed by atoms with van der Waals surface area (Å²) in [6, 6.07) is 14.2. The van der Waals surface area contributed by atoms with E-state index in [4.69, 9.17) is 0 Å². The molecule has 1 unspecified atom stereocenters. The molecule has 96 valence electrons. The summed E-state index contributed by atoms with van der Waals surface area (Å²) in [5, 5.41) is 11.1.